The number of hydrogen-bond acceptors (Lipinski definition) is 3. The van der Waals surface area contributed by atoms with Crippen LogP contribution in [0.25, 0.3) is 0 Å². The number of hydrogen-bond donors (Lipinski definition) is 1. The van der Waals surface area contributed by atoms with Crippen molar-refractivity contribution in [2.45, 2.75) is 79.4 Å². The normalized spacial score (nSPS) is 13.1. The number of carbonyl (C=O) groups is 1. The topological polar surface area (TPSA) is 49.8 Å². The molecule has 1 atom stereocenters. The van der Waals surface area contributed by atoms with Gasteiger partial charge >= 0.3 is 6.09 Å². The molecule has 0 radical (unpaired) electrons. The zero-order valence-corrected chi connectivity index (χ0v) is 16.6. The molecule has 128 valence electrons. The van der Waals surface area contributed by atoms with E-state index in [0.29, 0.717) is 0 Å². The highest BCUT2D eigenvalue weighted by molar-refractivity contribution is 6.83. The second-order valence-electron chi connectivity index (χ2n) is 7.59. The smallest absolute Gasteiger partial charge is 0.410 e. The van der Waals surface area contributed by atoms with Crippen LogP contribution in [-0.2, 0) is 4.74 Å². The molecule has 0 saturated heterocycles. The van der Waals surface area contributed by atoms with Gasteiger partial charge in [-0.3, -0.25) is 0 Å². The molecule has 0 unspecified atom stereocenters. The molecule has 1 amide bonds. The molecule has 0 aliphatic rings. The molecule has 0 spiro atoms. The van der Waals surface area contributed by atoms with Crippen LogP contribution in [0.3, 0.4) is 0 Å². The third-order valence-corrected chi connectivity index (χ3v) is 5.49. The molecule has 0 rings (SSSR count). The SMILES string of the molecule is CC(C)[C@@H](O)C(=C=COC(=O)N(C(C)C)C(C)C)[Si](C)(C)C. The summed E-state index contributed by atoms with van der Waals surface area (Å²) in [6.45, 7) is 18.2. The molecule has 0 aromatic carbocycles. The number of aliphatic hydroxyl groups is 1. The van der Waals surface area contributed by atoms with Crippen molar-refractivity contribution >= 4 is 14.2 Å². The maximum Gasteiger partial charge on any atom is 0.415 e. The van der Waals surface area contributed by atoms with E-state index in [9.17, 15) is 9.90 Å². The van der Waals surface area contributed by atoms with E-state index in [1.165, 1.54) is 6.26 Å². The predicted octanol–water partition coefficient (Wildman–Crippen LogP) is 4.18. The van der Waals surface area contributed by atoms with Crippen LogP contribution in [0, 0.1) is 5.92 Å². The molecule has 22 heavy (non-hydrogen) atoms. The third kappa shape index (κ3) is 6.38. The minimum absolute atomic E-state index is 0.0718. The third-order valence-electron chi connectivity index (χ3n) is 3.43. The zero-order chi connectivity index (χ0) is 17.7. The highest BCUT2D eigenvalue weighted by atomic mass is 28.3. The second-order valence-corrected chi connectivity index (χ2v) is 12.6. The summed E-state index contributed by atoms with van der Waals surface area (Å²) in [4.78, 5) is 13.8. The highest BCUT2D eigenvalue weighted by Gasteiger charge is 2.28. The van der Waals surface area contributed by atoms with Gasteiger partial charge in [-0.15, -0.1) is 0 Å². The van der Waals surface area contributed by atoms with E-state index < -0.39 is 14.2 Å². The first-order chi connectivity index (χ1) is 9.89. The van der Waals surface area contributed by atoms with Gasteiger partial charge in [0.2, 0.25) is 0 Å². The molecular formula is C17H33NO3Si. The summed E-state index contributed by atoms with van der Waals surface area (Å²) >= 11 is 0. The van der Waals surface area contributed by atoms with E-state index in [-0.39, 0.29) is 24.1 Å². The summed E-state index contributed by atoms with van der Waals surface area (Å²) in [5.41, 5.74) is 3.04. The van der Waals surface area contributed by atoms with Crippen molar-refractivity contribution in [2.24, 2.45) is 5.92 Å². The van der Waals surface area contributed by atoms with Gasteiger partial charge in [-0.25, -0.2) is 4.79 Å². The standard InChI is InChI=1S/C17H33NO3Si/c1-12(2)16(19)15(22(7,8)9)10-11-21-17(20)18(13(3)4)14(5)6/h11-14,16,19H,1-9H3/t10?,16-/m1/s1. The largest absolute Gasteiger partial charge is 0.415 e. The molecule has 0 aliphatic carbocycles. The molecule has 0 aromatic heterocycles. The van der Waals surface area contributed by atoms with Gasteiger partial charge in [-0.1, -0.05) is 39.2 Å². The Balaban J connectivity index is 5.29. The molecular weight excluding hydrogens is 294 g/mol. The van der Waals surface area contributed by atoms with E-state index in [1.807, 2.05) is 41.5 Å². The number of aliphatic hydroxyl groups excluding tert-OH is 1. The number of carbonyl (C=O) groups excluding carboxylic acids is 1. The van der Waals surface area contributed by atoms with Crippen molar-refractivity contribution in [3.63, 3.8) is 0 Å². The fourth-order valence-electron chi connectivity index (χ4n) is 2.30. The summed E-state index contributed by atoms with van der Waals surface area (Å²) in [5, 5.41) is 11.2. The van der Waals surface area contributed by atoms with Gasteiger partial charge in [0.15, 0.2) is 0 Å². The van der Waals surface area contributed by atoms with Crippen LogP contribution in [0.2, 0.25) is 19.6 Å². The van der Waals surface area contributed by atoms with Crippen molar-refractivity contribution in [1.29, 1.82) is 0 Å². The van der Waals surface area contributed by atoms with Crippen molar-refractivity contribution in [2.75, 3.05) is 0 Å². The monoisotopic (exact) mass is 327 g/mol. The van der Waals surface area contributed by atoms with Gasteiger partial charge < -0.3 is 14.7 Å². The van der Waals surface area contributed by atoms with Gasteiger partial charge in [0.05, 0.1) is 14.2 Å². The number of amides is 1. The zero-order valence-electron chi connectivity index (χ0n) is 15.6. The van der Waals surface area contributed by atoms with Crippen LogP contribution in [0.1, 0.15) is 41.5 Å². The average Bonchev–Trinajstić information content (AvgIpc) is 2.31. The molecule has 1 N–H and O–H groups in total. The molecule has 4 nitrogen and oxygen atoms in total. The van der Waals surface area contributed by atoms with Gasteiger partial charge in [-0.05, 0) is 38.8 Å². The number of rotatable bonds is 6. The first-order valence-electron chi connectivity index (χ1n) is 8.02. The lowest BCUT2D eigenvalue weighted by Crippen LogP contribution is -2.41. The van der Waals surface area contributed by atoms with E-state index >= 15 is 0 Å². The van der Waals surface area contributed by atoms with E-state index in [1.54, 1.807) is 4.90 Å². The van der Waals surface area contributed by atoms with Crippen LogP contribution >= 0.6 is 0 Å². The Morgan fingerprint density at radius 3 is 1.86 bits per heavy atom. The molecule has 0 bridgehead atoms. The van der Waals surface area contributed by atoms with E-state index in [2.05, 4.69) is 25.4 Å². The lowest BCUT2D eigenvalue weighted by Gasteiger charge is -2.29. The maximum absolute atomic E-state index is 12.1. The summed E-state index contributed by atoms with van der Waals surface area (Å²) in [6, 6.07) is 0.144. The number of ether oxygens (including phenoxy) is 1. The lowest BCUT2D eigenvalue weighted by atomic mass is 10.1. The first kappa shape index (κ1) is 21.0. The fraction of sp³-hybridized carbons (Fsp3) is 0.765. The van der Waals surface area contributed by atoms with Crippen LogP contribution in [0.5, 0.6) is 0 Å². The van der Waals surface area contributed by atoms with E-state index in [4.69, 9.17) is 4.74 Å². The fourth-order valence-corrected chi connectivity index (χ4v) is 4.01. The minimum Gasteiger partial charge on any atom is -0.410 e. The van der Waals surface area contributed by atoms with Gasteiger partial charge in [-0.2, -0.15) is 0 Å². The van der Waals surface area contributed by atoms with E-state index in [0.717, 1.165) is 5.20 Å². The van der Waals surface area contributed by atoms with Gasteiger partial charge in [0.1, 0.15) is 6.26 Å². The Bertz CT molecular complexity index is 422. The maximum atomic E-state index is 12.1. The summed E-state index contributed by atoms with van der Waals surface area (Å²) in [7, 11) is -1.74. The Labute approximate surface area is 136 Å². The van der Waals surface area contributed by atoms with Crippen molar-refractivity contribution in [1.82, 2.24) is 4.90 Å². The van der Waals surface area contributed by atoms with Gasteiger partial charge in [0, 0.05) is 12.1 Å². The highest BCUT2D eigenvalue weighted by Crippen LogP contribution is 2.22. The molecule has 0 aromatic rings. The Morgan fingerprint density at radius 1 is 1.09 bits per heavy atom. The minimum atomic E-state index is -1.74. The molecule has 0 aliphatic heterocycles. The molecule has 5 heteroatoms. The predicted molar refractivity (Wildman–Crippen MR) is 94.4 cm³/mol. The van der Waals surface area contributed by atoms with Crippen molar-refractivity contribution < 1.29 is 14.6 Å². The lowest BCUT2D eigenvalue weighted by molar-refractivity contribution is 0.109. The summed E-state index contributed by atoms with van der Waals surface area (Å²) in [6.07, 6.45) is 0.374. The van der Waals surface area contributed by atoms with Crippen LogP contribution in [-0.4, -0.2) is 42.4 Å². The average molecular weight is 328 g/mol. The molecule has 0 saturated carbocycles. The first-order valence-corrected chi connectivity index (χ1v) is 11.5. The Hall–Kier alpha value is -1.03. The molecule has 0 heterocycles. The van der Waals surface area contributed by atoms with Crippen molar-refractivity contribution in [3.8, 4) is 0 Å². The quantitative estimate of drug-likeness (QED) is 0.452. The van der Waals surface area contributed by atoms with Crippen LogP contribution in [0.4, 0.5) is 4.79 Å². The number of nitrogens with zero attached hydrogens (tertiary/aromatic N) is 1. The van der Waals surface area contributed by atoms with Crippen LogP contribution in [0.15, 0.2) is 17.2 Å². The summed E-state index contributed by atoms with van der Waals surface area (Å²) < 4.78 is 5.22. The Kier molecular flexibility index (Phi) is 8.16. The summed E-state index contributed by atoms with van der Waals surface area (Å²) in [5.74, 6) is 0.112. The van der Waals surface area contributed by atoms with Crippen LogP contribution < -0.4 is 0 Å². The van der Waals surface area contributed by atoms with Gasteiger partial charge in [0.25, 0.3) is 0 Å². The van der Waals surface area contributed by atoms with Crippen molar-refractivity contribution in [3.05, 3.63) is 17.2 Å². The Morgan fingerprint density at radius 2 is 1.55 bits per heavy atom. The molecule has 0 fully saturated rings. The second kappa shape index (κ2) is 8.56.